The van der Waals surface area contributed by atoms with E-state index in [1.54, 1.807) is 6.92 Å². The number of esters is 1. The summed E-state index contributed by atoms with van der Waals surface area (Å²) < 4.78 is 5.02. The standard InChI is InChI=1S/C12H22O3/c1-5-15-11(13)10(8(2)3)12(14)6-9(4)7-12/h8-10,14H,5-7H2,1-4H3. The van der Waals surface area contributed by atoms with Gasteiger partial charge < -0.3 is 9.84 Å². The summed E-state index contributed by atoms with van der Waals surface area (Å²) in [5.74, 6) is 0.0303. The lowest BCUT2D eigenvalue weighted by atomic mass is 9.62. The lowest BCUT2D eigenvalue weighted by molar-refractivity contribution is -0.177. The van der Waals surface area contributed by atoms with Gasteiger partial charge in [0.1, 0.15) is 0 Å². The monoisotopic (exact) mass is 214 g/mol. The van der Waals surface area contributed by atoms with Crippen LogP contribution in [0.5, 0.6) is 0 Å². The van der Waals surface area contributed by atoms with Crippen LogP contribution in [0.4, 0.5) is 0 Å². The molecule has 88 valence electrons. The molecule has 0 heterocycles. The molecule has 1 N–H and O–H groups in total. The minimum absolute atomic E-state index is 0.126. The molecule has 0 aromatic heterocycles. The van der Waals surface area contributed by atoms with Gasteiger partial charge in [0, 0.05) is 0 Å². The molecule has 3 heteroatoms. The van der Waals surface area contributed by atoms with Gasteiger partial charge in [-0.1, -0.05) is 20.8 Å². The third kappa shape index (κ3) is 2.51. The Labute approximate surface area is 91.8 Å². The molecule has 0 saturated heterocycles. The second kappa shape index (κ2) is 4.52. The number of carbonyl (C=O) groups is 1. The number of carbonyl (C=O) groups excluding carboxylic acids is 1. The Morgan fingerprint density at radius 3 is 2.40 bits per heavy atom. The van der Waals surface area contributed by atoms with Crippen LogP contribution in [-0.2, 0) is 9.53 Å². The zero-order valence-electron chi connectivity index (χ0n) is 10.1. The van der Waals surface area contributed by atoms with Crippen LogP contribution in [0, 0.1) is 17.8 Å². The topological polar surface area (TPSA) is 46.5 Å². The van der Waals surface area contributed by atoms with Crippen molar-refractivity contribution in [2.45, 2.75) is 46.1 Å². The van der Waals surface area contributed by atoms with E-state index in [0.29, 0.717) is 25.4 Å². The first kappa shape index (κ1) is 12.5. The van der Waals surface area contributed by atoms with E-state index in [1.165, 1.54) is 0 Å². The van der Waals surface area contributed by atoms with Crippen molar-refractivity contribution in [1.82, 2.24) is 0 Å². The van der Waals surface area contributed by atoms with Crippen LogP contribution < -0.4 is 0 Å². The lowest BCUT2D eigenvalue weighted by Gasteiger charge is -2.47. The molecule has 1 aliphatic carbocycles. The molecule has 0 aromatic carbocycles. The highest BCUT2D eigenvalue weighted by atomic mass is 16.5. The largest absolute Gasteiger partial charge is 0.466 e. The summed E-state index contributed by atoms with van der Waals surface area (Å²) >= 11 is 0. The summed E-state index contributed by atoms with van der Waals surface area (Å²) in [6.07, 6.45) is 1.43. The summed E-state index contributed by atoms with van der Waals surface area (Å²) in [7, 11) is 0. The van der Waals surface area contributed by atoms with Crippen molar-refractivity contribution in [3.8, 4) is 0 Å². The summed E-state index contributed by atoms with van der Waals surface area (Å²) in [4.78, 5) is 11.7. The zero-order chi connectivity index (χ0) is 11.6. The van der Waals surface area contributed by atoms with Crippen LogP contribution in [0.25, 0.3) is 0 Å². The number of aliphatic hydroxyl groups is 1. The van der Waals surface area contributed by atoms with Crippen molar-refractivity contribution in [3.05, 3.63) is 0 Å². The fraction of sp³-hybridized carbons (Fsp3) is 0.917. The third-order valence-corrected chi connectivity index (χ3v) is 3.19. The van der Waals surface area contributed by atoms with Gasteiger partial charge in [-0.05, 0) is 31.6 Å². The van der Waals surface area contributed by atoms with Crippen molar-refractivity contribution in [3.63, 3.8) is 0 Å². The molecule has 0 radical (unpaired) electrons. The van der Waals surface area contributed by atoms with Crippen molar-refractivity contribution < 1.29 is 14.6 Å². The smallest absolute Gasteiger partial charge is 0.312 e. The van der Waals surface area contributed by atoms with Gasteiger partial charge in [-0.15, -0.1) is 0 Å². The van der Waals surface area contributed by atoms with Gasteiger partial charge in [0.05, 0.1) is 18.1 Å². The molecular weight excluding hydrogens is 192 g/mol. The van der Waals surface area contributed by atoms with Gasteiger partial charge in [0.15, 0.2) is 0 Å². The maximum absolute atomic E-state index is 11.7. The Bertz CT molecular complexity index is 229. The minimum Gasteiger partial charge on any atom is -0.466 e. The number of rotatable bonds is 4. The highest BCUT2D eigenvalue weighted by molar-refractivity contribution is 5.74. The highest BCUT2D eigenvalue weighted by Gasteiger charge is 2.51. The molecule has 3 nitrogen and oxygen atoms in total. The van der Waals surface area contributed by atoms with Gasteiger partial charge in [0.25, 0.3) is 0 Å². The average Bonchev–Trinajstić information content (AvgIpc) is 2.00. The predicted molar refractivity (Wildman–Crippen MR) is 58.3 cm³/mol. The van der Waals surface area contributed by atoms with Gasteiger partial charge in [0.2, 0.25) is 0 Å². The van der Waals surface area contributed by atoms with Crippen molar-refractivity contribution in [2.24, 2.45) is 17.8 Å². The number of hydrogen-bond acceptors (Lipinski definition) is 3. The molecule has 1 saturated carbocycles. The van der Waals surface area contributed by atoms with Crippen molar-refractivity contribution in [2.75, 3.05) is 6.61 Å². The molecule has 1 aliphatic rings. The second-order valence-electron chi connectivity index (χ2n) is 5.09. The van der Waals surface area contributed by atoms with E-state index >= 15 is 0 Å². The molecule has 15 heavy (non-hydrogen) atoms. The fourth-order valence-corrected chi connectivity index (χ4v) is 2.75. The molecule has 0 aromatic rings. The molecule has 1 rings (SSSR count). The number of ether oxygens (including phenoxy) is 1. The second-order valence-corrected chi connectivity index (χ2v) is 5.09. The van der Waals surface area contributed by atoms with Gasteiger partial charge in [-0.25, -0.2) is 0 Å². The van der Waals surface area contributed by atoms with E-state index in [1.807, 2.05) is 13.8 Å². The maximum atomic E-state index is 11.7. The minimum atomic E-state index is -0.820. The highest BCUT2D eigenvalue weighted by Crippen LogP contribution is 2.45. The molecule has 0 amide bonds. The molecule has 0 aliphatic heterocycles. The Hall–Kier alpha value is -0.570. The normalized spacial score (nSPS) is 32.3. The third-order valence-electron chi connectivity index (χ3n) is 3.19. The Morgan fingerprint density at radius 2 is 2.07 bits per heavy atom. The maximum Gasteiger partial charge on any atom is 0.312 e. The Kier molecular flexibility index (Phi) is 3.77. The fourth-order valence-electron chi connectivity index (χ4n) is 2.75. The van der Waals surface area contributed by atoms with E-state index in [4.69, 9.17) is 4.74 Å². The SMILES string of the molecule is CCOC(=O)C(C(C)C)C1(O)CC(C)C1. The van der Waals surface area contributed by atoms with Crippen LogP contribution in [0.3, 0.4) is 0 Å². The van der Waals surface area contributed by atoms with Crippen molar-refractivity contribution in [1.29, 1.82) is 0 Å². The van der Waals surface area contributed by atoms with Crippen LogP contribution in [0.2, 0.25) is 0 Å². The lowest BCUT2D eigenvalue weighted by Crippen LogP contribution is -2.54. The van der Waals surface area contributed by atoms with Gasteiger partial charge >= 0.3 is 5.97 Å². The summed E-state index contributed by atoms with van der Waals surface area (Å²) in [6, 6.07) is 0. The van der Waals surface area contributed by atoms with Crippen LogP contribution in [-0.4, -0.2) is 23.3 Å². The van der Waals surface area contributed by atoms with Crippen LogP contribution >= 0.6 is 0 Å². The van der Waals surface area contributed by atoms with E-state index in [-0.39, 0.29) is 17.8 Å². The van der Waals surface area contributed by atoms with Crippen LogP contribution in [0.15, 0.2) is 0 Å². The van der Waals surface area contributed by atoms with Crippen molar-refractivity contribution >= 4 is 5.97 Å². The van der Waals surface area contributed by atoms with E-state index in [9.17, 15) is 9.90 Å². The number of hydrogen-bond donors (Lipinski definition) is 1. The summed E-state index contributed by atoms with van der Waals surface area (Å²) in [5, 5.41) is 10.3. The summed E-state index contributed by atoms with van der Waals surface area (Å²) in [5.41, 5.74) is -0.820. The van der Waals surface area contributed by atoms with Gasteiger partial charge in [-0.3, -0.25) is 4.79 Å². The first-order valence-electron chi connectivity index (χ1n) is 5.79. The Balaban J connectivity index is 2.70. The molecule has 1 unspecified atom stereocenters. The first-order valence-corrected chi connectivity index (χ1v) is 5.79. The molecular formula is C12H22O3. The van der Waals surface area contributed by atoms with E-state index < -0.39 is 5.60 Å². The molecule has 0 spiro atoms. The molecule has 1 fully saturated rings. The van der Waals surface area contributed by atoms with E-state index in [0.717, 1.165) is 0 Å². The van der Waals surface area contributed by atoms with Crippen LogP contribution in [0.1, 0.15) is 40.5 Å². The predicted octanol–water partition coefficient (Wildman–Crippen LogP) is 1.98. The summed E-state index contributed by atoms with van der Waals surface area (Å²) in [6.45, 7) is 8.19. The molecule has 1 atom stereocenters. The molecule has 0 bridgehead atoms. The Morgan fingerprint density at radius 1 is 1.53 bits per heavy atom. The van der Waals surface area contributed by atoms with Gasteiger partial charge in [-0.2, -0.15) is 0 Å². The zero-order valence-corrected chi connectivity index (χ0v) is 10.1. The van der Waals surface area contributed by atoms with E-state index in [2.05, 4.69) is 6.92 Å². The quantitative estimate of drug-likeness (QED) is 0.728. The first-order chi connectivity index (χ1) is 6.90. The average molecular weight is 214 g/mol.